The van der Waals surface area contributed by atoms with Gasteiger partial charge in [-0.3, -0.25) is 4.90 Å². The van der Waals surface area contributed by atoms with Crippen LogP contribution in [0.3, 0.4) is 0 Å². The van der Waals surface area contributed by atoms with E-state index < -0.39 is 0 Å². The van der Waals surface area contributed by atoms with E-state index in [4.69, 9.17) is 10.5 Å². The molecule has 3 rings (SSSR count). The van der Waals surface area contributed by atoms with Crippen molar-refractivity contribution in [3.8, 4) is 0 Å². The molecule has 2 aliphatic rings. The van der Waals surface area contributed by atoms with Crippen molar-refractivity contribution in [3.63, 3.8) is 0 Å². The second-order valence-electron chi connectivity index (χ2n) is 5.93. The van der Waals surface area contributed by atoms with Crippen LogP contribution in [0.1, 0.15) is 36.0 Å². The average Bonchev–Trinajstić information content (AvgIpc) is 2.92. The van der Waals surface area contributed by atoms with Gasteiger partial charge in [-0.25, -0.2) is 4.79 Å². The molecule has 0 spiro atoms. The van der Waals surface area contributed by atoms with Gasteiger partial charge in [0.25, 0.3) is 0 Å². The molecule has 2 unspecified atom stereocenters. The number of esters is 1. The number of nitrogens with two attached hydrogens (primary N) is 1. The van der Waals surface area contributed by atoms with Crippen LogP contribution < -0.4 is 11.1 Å². The molecule has 2 atom stereocenters. The van der Waals surface area contributed by atoms with Crippen LogP contribution in [0.4, 0.5) is 11.4 Å². The third-order valence-corrected chi connectivity index (χ3v) is 4.67. The van der Waals surface area contributed by atoms with Gasteiger partial charge >= 0.3 is 5.97 Å². The fourth-order valence-corrected chi connectivity index (χ4v) is 3.55. The minimum Gasteiger partial charge on any atom is -0.465 e. The number of carbonyl (C=O) groups excluding carboxylic acids is 1. The SMILES string of the molecule is COC(=O)c1ccc(NC2CCN3CCCCC23)c(N)c1. The lowest BCUT2D eigenvalue weighted by Gasteiger charge is -2.33. The van der Waals surface area contributed by atoms with Gasteiger partial charge in [0.2, 0.25) is 0 Å². The molecule has 5 heteroatoms. The zero-order chi connectivity index (χ0) is 14.8. The van der Waals surface area contributed by atoms with E-state index in [0.29, 0.717) is 23.3 Å². The summed E-state index contributed by atoms with van der Waals surface area (Å²) in [4.78, 5) is 14.1. The van der Waals surface area contributed by atoms with Crippen molar-refractivity contribution in [2.75, 3.05) is 31.2 Å². The number of carbonyl (C=O) groups is 1. The zero-order valence-corrected chi connectivity index (χ0v) is 12.5. The molecule has 0 saturated carbocycles. The van der Waals surface area contributed by atoms with E-state index >= 15 is 0 Å². The van der Waals surface area contributed by atoms with Crippen LogP contribution in [0.5, 0.6) is 0 Å². The van der Waals surface area contributed by atoms with Crippen molar-refractivity contribution in [3.05, 3.63) is 23.8 Å². The van der Waals surface area contributed by atoms with E-state index in [9.17, 15) is 4.79 Å². The van der Waals surface area contributed by atoms with Crippen LogP contribution in [0, 0.1) is 0 Å². The number of benzene rings is 1. The van der Waals surface area contributed by atoms with Crippen molar-refractivity contribution in [1.29, 1.82) is 0 Å². The quantitative estimate of drug-likeness (QED) is 0.659. The Kier molecular flexibility index (Phi) is 4.01. The van der Waals surface area contributed by atoms with Gasteiger partial charge in [-0.1, -0.05) is 6.42 Å². The van der Waals surface area contributed by atoms with Gasteiger partial charge in [-0.2, -0.15) is 0 Å². The molecular weight excluding hydrogens is 266 g/mol. The summed E-state index contributed by atoms with van der Waals surface area (Å²) >= 11 is 0. The lowest BCUT2D eigenvalue weighted by atomic mass is 9.98. The summed E-state index contributed by atoms with van der Waals surface area (Å²) in [6.45, 7) is 2.39. The summed E-state index contributed by atoms with van der Waals surface area (Å²) in [5.74, 6) is -0.354. The number of anilines is 2. The molecule has 0 amide bonds. The van der Waals surface area contributed by atoms with Gasteiger partial charge in [0, 0.05) is 18.6 Å². The Morgan fingerprint density at radius 3 is 2.95 bits per heavy atom. The Bertz CT molecular complexity index is 532. The monoisotopic (exact) mass is 289 g/mol. The Morgan fingerprint density at radius 1 is 1.33 bits per heavy atom. The molecule has 2 aliphatic heterocycles. The second kappa shape index (κ2) is 5.93. The molecule has 114 valence electrons. The van der Waals surface area contributed by atoms with Crippen LogP contribution >= 0.6 is 0 Å². The van der Waals surface area contributed by atoms with Crippen molar-refractivity contribution in [1.82, 2.24) is 4.90 Å². The summed E-state index contributed by atoms with van der Waals surface area (Å²) in [5, 5.41) is 3.57. The fourth-order valence-electron chi connectivity index (χ4n) is 3.55. The van der Waals surface area contributed by atoms with E-state index in [1.54, 1.807) is 12.1 Å². The Hall–Kier alpha value is -1.75. The van der Waals surface area contributed by atoms with Crippen LogP contribution in [-0.2, 0) is 4.74 Å². The van der Waals surface area contributed by atoms with Crippen LogP contribution in [0.25, 0.3) is 0 Å². The number of hydrogen-bond donors (Lipinski definition) is 2. The van der Waals surface area contributed by atoms with E-state index in [1.807, 2.05) is 6.07 Å². The van der Waals surface area contributed by atoms with Crippen molar-refractivity contribution in [2.45, 2.75) is 37.8 Å². The minimum absolute atomic E-state index is 0.354. The minimum atomic E-state index is -0.354. The highest BCUT2D eigenvalue weighted by Crippen LogP contribution is 2.31. The maximum Gasteiger partial charge on any atom is 0.337 e. The topological polar surface area (TPSA) is 67.6 Å². The Balaban J connectivity index is 1.71. The first-order valence-electron chi connectivity index (χ1n) is 7.67. The number of nitrogen functional groups attached to an aromatic ring is 1. The molecular formula is C16H23N3O2. The molecule has 21 heavy (non-hydrogen) atoms. The lowest BCUT2D eigenvalue weighted by molar-refractivity contribution is 0.0601. The van der Waals surface area contributed by atoms with Crippen molar-refractivity contribution < 1.29 is 9.53 Å². The molecule has 2 heterocycles. The first-order chi connectivity index (χ1) is 10.2. The van der Waals surface area contributed by atoms with Crippen LogP contribution in [0.2, 0.25) is 0 Å². The number of rotatable bonds is 3. The maximum atomic E-state index is 11.5. The fraction of sp³-hybridized carbons (Fsp3) is 0.562. The zero-order valence-electron chi connectivity index (χ0n) is 12.5. The van der Waals surface area contributed by atoms with Gasteiger partial charge in [-0.05, 0) is 44.0 Å². The smallest absolute Gasteiger partial charge is 0.337 e. The molecule has 0 radical (unpaired) electrons. The Labute approximate surface area is 125 Å². The van der Waals surface area contributed by atoms with E-state index in [0.717, 1.165) is 12.1 Å². The summed E-state index contributed by atoms with van der Waals surface area (Å²) in [6.07, 6.45) is 5.05. The number of piperidine rings is 1. The predicted octanol–water partition coefficient (Wildman–Crippen LogP) is 2.09. The Morgan fingerprint density at radius 2 is 2.19 bits per heavy atom. The second-order valence-corrected chi connectivity index (χ2v) is 5.93. The number of nitrogens with zero attached hydrogens (tertiary/aromatic N) is 1. The largest absolute Gasteiger partial charge is 0.465 e. The average molecular weight is 289 g/mol. The lowest BCUT2D eigenvalue weighted by Crippen LogP contribution is -2.41. The standard InChI is InChI=1S/C16H23N3O2/c1-21-16(20)11-5-6-13(12(17)10-11)18-14-7-9-19-8-3-2-4-15(14)19/h5-6,10,14-15,18H,2-4,7-9,17H2,1H3. The highest BCUT2D eigenvalue weighted by molar-refractivity contribution is 5.91. The first-order valence-corrected chi connectivity index (χ1v) is 7.67. The number of ether oxygens (including phenoxy) is 1. The predicted molar refractivity (Wildman–Crippen MR) is 83.4 cm³/mol. The normalized spacial score (nSPS) is 25.4. The molecule has 1 aromatic carbocycles. The molecule has 1 aromatic rings. The number of hydrogen-bond acceptors (Lipinski definition) is 5. The van der Waals surface area contributed by atoms with E-state index in [1.165, 1.54) is 39.5 Å². The maximum absolute atomic E-state index is 11.5. The summed E-state index contributed by atoms with van der Waals surface area (Å²) in [7, 11) is 1.38. The third-order valence-electron chi connectivity index (χ3n) is 4.67. The molecule has 5 nitrogen and oxygen atoms in total. The summed E-state index contributed by atoms with van der Waals surface area (Å²) in [6, 6.07) is 6.41. The van der Waals surface area contributed by atoms with Crippen molar-refractivity contribution in [2.24, 2.45) is 0 Å². The van der Waals surface area contributed by atoms with Gasteiger partial charge < -0.3 is 15.8 Å². The summed E-state index contributed by atoms with van der Waals surface area (Å²) in [5.41, 5.74) is 8.09. The molecule has 2 saturated heterocycles. The van der Waals surface area contributed by atoms with Crippen LogP contribution in [-0.4, -0.2) is 43.2 Å². The molecule has 0 bridgehead atoms. The highest BCUT2D eigenvalue weighted by Gasteiger charge is 2.35. The third kappa shape index (κ3) is 2.83. The number of fused-ring (bicyclic) bond motifs is 1. The molecule has 0 aliphatic carbocycles. The highest BCUT2D eigenvalue weighted by atomic mass is 16.5. The molecule has 2 fully saturated rings. The van der Waals surface area contributed by atoms with Gasteiger partial charge in [0.05, 0.1) is 24.0 Å². The van der Waals surface area contributed by atoms with Gasteiger partial charge in [0.1, 0.15) is 0 Å². The van der Waals surface area contributed by atoms with E-state index in [2.05, 4.69) is 10.2 Å². The molecule has 0 aromatic heterocycles. The van der Waals surface area contributed by atoms with Gasteiger partial charge in [-0.15, -0.1) is 0 Å². The number of nitrogens with one attached hydrogen (secondary N) is 1. The van der Waals surface area contributed by atoms with Crippen LogP contribution in [0.15, 0.2) is 18.2 Å². The number of methoxy groups -OCH3 is 1. The first kappa shape index (κ1) is 14.2. The summed E-state index contributed by atoms with van der Waals surface area (Å²) < 4.78 is 4.71. The van der Waals surface area contributed by atoms with Gasteiger partial charge in [0.15, 0.2) is 0 Å². The van der Waals surface area contributed by atoms with E-state index in [-0.39, 0.29) is 5.97 Å². The van der Waals surface area contributed by atoms with Crippen molar-refractivity contribution >= 4 is 17.3 Å². The molecule has 3 N–H and O–H groups in total.